The van der Waals surface area contributed by atoms with Gasteiger partial charge in [-0.1, -0.05) is 18.5 Å². The van der Waals surface area contributed by atoms with Gasteiger partial charge in [-0.15, -0.1) is 11.6 Å². The Kier molecular flexibility index (Phi) is 3.90. The van der Waals surface area contributed by atoms with E-state index in [4.69, 9.17) is 23.2 Å². The van der Waals surface area contributed by atoms with Crippen LogP contribution in [0.5, 0.6) is 0 Å². The molecule has 0 spiro atoms. The average Bonchev–Trinajstić information content (AvgIpc) is 2.20. The van der Waals surface area contributed by atoms with Gasteiger partial charge in [0.25, 0.3) is 0 Å². The maximum atomic E-state index is 13.0. The van der Waals surface area contributed by atoms with Crippen LogP contribution in [0.2, 0.25) is 5.02 Å². The van der Waals surface area contributed by atoms with E-state index in [0.717, 1.165) is 6.07 Å². The van der Waals surface area contributed by atoms with Crippen molar-refractivity contribution in [2.45, 2.75) is 18.7 Å². The molecule has 14 heavy (non-hydrogen) atoms. The van der Waals surface area contributed by atoms with Gasteiger partial charge in [0.05, 0.1) is 10.4 Å². The molecule has 1 aromatic carbocycles. The molecule has 0 heterocycles. The van der Waals surface area contributed by atoms with Crippen molar-refractivity contribution < 1.29 is 9.18 Å². The summed E-state index contributed by atoms with van der Waals surface area (Å²) in [5, 5.41) is -0.597. The third kappa shape index (κ3) is 2.46. The normalized spacial score (nSPS) is 12.6. The van der Waals surface area contributed by atoms with Crippen molar-refractivity contribution in [2.24, 2.45) is 0 Å². The van der Waals surface area contributed by atoms with Crippen molar-refractivity contribution in [1.29, 1.82) is 0 Å². The van der Waals surface area contributed by atoms with E-state index in [1.54, 1.807) is 6.92 Å². The lowest BCUT2D eigenvalue weighted by Gasteiger charge is -2.05. The van der Waals surface area contributed by atoms with Crippen molar-refractivity contribution >= 4 is 29.0 Å². The molecule has 1 nitrogen and oxygen atoms in total. The van der Waals surface area contributed by atoms with Crippen molar-refractivity contribution in [3.05, 3.63) is 34.6 Å². The van der Waals surface area contributed by atoms with E-state index < -0.39 is 11.2 Å². The largest absolute Gasteiger partial charge is 0.293 e. The number of benzene rings is 1. The molecule has 0 saturated heterocycles. The van der Waals surface area contributed by atoms with Gasteiger partial charge in [-0.25, -0.2) is 4.39 Å². The number of Topliss-reactive ketones (excluding diaryl/α,β-unsaturated/α-hetero) is 1. The Morgan fingerprint density at radius 3 is 2.71 bits per heavy atom. The van der Waals surface area contributed by atoms with Crippen LogP contribution in [-0.2, 0) is 0 Å². The Hall–Kier alpha value is -0.600. The van der Waals surface area contributed by atoms with E-state index in [1.807, 2.05) is 0 Å². The van der Waals surface area contributed by atoms with Crippen LogP contribution in [0.15, 0.2) is 18.2 Å². The van der Waals surface area contributed by atoms with Gasteiger partial charge >= 0.3 is 0 Å². The SMILES string of the molecule is CCC(Cl)C(=O)c1ccc(Cl)c(F)c1. The first-order chi connectivity index (χ1) is 6.56. The summed E-state index contributed by atoms with van der Waals surface area (Å²) in [6.07, 6.45) is 0.518. The summed E-state index contributed by atoms with van der Waals surface area (Å²) in [5.41, 5.74) is 0.258. The molecule has 0 aromatic heterocycles. The minimum atomic E-state index is -0.601. The number of hydrogen-bond acceptors (Lipinski definition) is 1. The van der Waals surface area contributed by atoms with Crippen LogP contribution >= 0.6 is 23.2 Å². The van der Waals surface area contributed by atoms with Crippen molar-refractivity contribution in [3.8, 4) is 0 Å². The first-order valence-electron chi connectivity index (χ1n) is 4.19. The summed E-state index contributed by atoms with van der Waals surface area (Å²) in [5.74, 6) is -0.873. The number of carbonyl (C=O) groups is 1. The standard InChI is InChI=1S/C10H9Cl2FO/c1-2-7(11)10(14)6-3-4-8(12)9(13)5-6/h3-5,7H,2H2,1H3. The van der Waals surface area contributed by atoms with Crippen LogP contribution in [0.4, 0.5) is 4.39 Å². The fourth-order valence-corrected chi connectivity index (χ4v) is 1.26. The smallest absolute Gasteiger partial charge is 0.180 e. The highest BCUT2D eigenvalue weighted by Crippen LogP contribution is 2.18. The van der Waals surface area contributed by atoms with Crippen LogP contribution in [0.1, 0.15) is 23.7 Å². The molecule has 0 aliphatic heterocycles. The lowest BCUT2D eigenvalue weighted by atomic mass is 10.1. The lowest BCUT2D eigenvalue weighted by Crippen LogP contribution is -2.13. The summed E-state index contributed by atoms with van der Waals surface area (Å²) in [6.45, 7) is 1.79. The fraction of sp³-hybridized carbons (Fsp3) is 0.300. The third-order valence-corrected chi connectivity index (χ3v) is 2.66. The molecule has 76 valence electrons. The van der Waals surface area contributed by atoms with Gasteiger partial charge in [-0.05, 0) is 24.6 Å². The maximum absolute atomic E-state index is 13.0. The topological polar surface area (TPSA) is 17.1 Å². The Morgan fingerprint density at radius 1 is 1.57 bits per heavy atom. The Bertz CT molecular complexity index is 352. The average molecular weight is 235 g/mol. The molecule has 1 aromatic rings. The van der Waals surface area contributed by atoms with E-state index >= 15 is 0 Å². The predicted molar refractivity (Wildman–Crippen MR) is 55.7 cm³/mol. The number of halogens is 3. The van der Waals surface area contributed by atoms with Crippen molar-refractivity contribution in [1.82, 2.24) is 0 Å². The minimum absolute atomic E-state index is 0.00386. The molecule has 0 fully saturated rings. The van der Waals surface area contributed by atoms with Gasteiger partial charge in [0.2, 0.25) is 0 Å². The molecular weight excluding hydrogens is 226 g/mol. The fourth-order valence-electron chi connectivity index (χ4n) is 1.02. The number of rotatable bonds is 3. The Balaban J connectivity index is 2.97. The zero-order chi connectivity index (χ0) is 10.7. The quantitative estimate of drug-likeness (QED) is 0.576. The van der Waals surface area contributed by atoms with Gasteiger partial charge in [0.15, 0.2) is 5.78 Å². The van der Waals surface area contributed by atoms with Gasteiger partial charge in [-0.2, -0.15) is 0 Å². The van der Waals surface area contributed by atoms with Crippen LogP contribution in [0.25, 0.3) is 0 Å². The summed E-state index contributed by atoms with van der Waals surface area (Å²) in [4.78, 5) is 11.5. The zero-order valence-corrected chi connectivity index (χ0v) is 9.07. The molecule has 0 saturated carbocycles. The predicted octanol–water partition coefficient (Wildman–Crippen LogP) is 3.68. The molecule has 1 unspecified atom stereocenters. The number of carbonyl (C=O) groups excluding carboxylic acids is 1. The molecule has 0 N–H and O–H groups in total. The van der Waals surface area contributed by atoms with Crippen LogP contribution < -0.4 is 0 Å². The molecule has 1 atom stereocenters. The van der Waals surface area contributed by atoms with Crippen molar-refractivity contribution in [3.63, 3.8) is 0 Å². The van der Waals surface area contributed by atoms with Crippen LogP contribution in [0.3, 0.4) is 0 Å². The molecule has 0 aliphatic carbocycles. The molecular formula is C10H9Cl2FO. The molecule has 0 amide bonds. The van der Waals surface area contributed by atoms with Crippen LogP contribution in [-0.4, -0.2) is 11.2 Å². The number of ketones is 1. The van der Waals surface area contributed by atoms with E-state index in [-0.39, 0.29) is 16.4 Å². The molecule has 4 heteroatoms. The van der Waals surface area contributed by atoms with Gasteiger partial charge in [-0.3, -0.25) is 4.79 Å². The highest BCUT2D eigenvalue weighted by Gasteiger charge is 2.16. The van der Waals surface area contributed by atoms with E-state index in [9.17, 15) is 9.18 Å². The Labute approximate surface area is 91.8 Å². The second kappa shape index (κ2) is 4.76. The first kappa shape index (κ1) is 11.5. The summed E-state index contributed by atoms with van der Waals surface area (Å²) in [7, 11) is 0. The molecule has 1 rings (SSSR count). The third-order valence-electron chi connectivity index (χ3n) is 1.85. The molecule has 0 aliphatic rings. The van der Waals surface area contributed by atoms with Gasteiger partial charge in [0, 0.05) is 5.56 Å². The molecule has 0 bridgehead atoms. The first-order valence-corrected chi connectivity index (χ1v) is 5.01. The minimum Gasteiger partial charge on any atom is -0.293 e. The second-order valence-corrected chi connectivity index (χ2v) is 3.80. The summed E-state index contributed by atoms with van der Waals surface area (Å²) >= 11 is 11.2. The summed E-state index contributed by atoms with van der Waals surface area (Å²) in [6, 6.07) is 3.93. The monoisotopic (exact) mass is 234 g/mol. The van der Waals surface area contributed by atoms with Gasteiger partial charge in [0.1, 0.15) is 5.82 Å². The zero-order valence-electron chi connectivity index (χ0n) is 7.56. The second-order valence-electron chi connectivity index (χ2n) is 2.87. The Morgan fingerprint density at radius 2 is 2.21 bits per heavy atom. The molecule has 0 radical (unpaired) electrons. The number of hydrogen-bond donors (Lipinski definition) is 0. The van der Waals surface area contributed by atoms with E-state index in [0.29, 0.717) is 6.42 Å². The van der Waals surface area contributed by atoms with E-state index in [2.05, 4.69) is 0 Å². The van der Waals surface area contributed by atoms with Gasteiger partial charge < -0.3 is 0 Å². The van der Waals surface area contributed by atoms with E-state index in [1.165, 1.54) is 12.1 Å². The summed E-state index contributed by atoms with van der Waals surface area (Å²) < 4.78 is 13.0. The van der Waals surface area contributed by atoms with Crippen LogP contribution in [0, 0.1) is 5.82 Å². The van der Waals surface area contributed by atoms with Crippen molar-refractivity contribution in [2.75, 3.05) is 0 Å². The lowest BCUT2D eigenvalue weighted by molar-refractivity contribution is 0.0985. The highest BCUT2D eigenvalue weighted by molar-refractivity contribution is 6.34. The highest BCUT2D eigenvalue weighted by atomic mass is 35.5. The number of alkyl halides is 1. The maximum Gasteiger partial charge on any atom is 0.180 e.